The van der Waals surface area contributed by atoms with Crippen molar-refractivity contribution in [2.24, 2.45) is 5.92 Å². The van der Waals surface area contributed by atoms with Crippen LogP contribution >= 0.6 is 0 Å². The van der Waals surface area contributed by atoms with E-state index in [4.69, 9.17) is 4.74 Å². The quantitative estimate of drug-likeness (QED) is 0.771. The van der Waals surface area contributed by atoms with Crippen LogP contribution in [-0.2, 0) is 19.6 Å². The molecule has 0 fully saturated rings. The number of benzene rings is 1. The van der Waals surface area contributed by atoms with Gasteiger partial charge in [0.15, 0.2) is 0 Å². The minimum Gasteiger partial charge on any atom is -0.354 e. The van der Waals surface area contributed by atoms with E-state index < -0.39 is 27.6 Å². The number of carbonyl (C=O) groups is 1. The Balaban J connectivity index is 3.31. The lowest BCUT2D eigenvalue weighted by Crippen LogP contribution is -2.63. The fourth-order valence-electron chi connectivity index (χ4n) is 2.30. The van der Waals surface area contributed by atoms with Crippen molar-refractivity contribution in [2.75, 3.05) is 24.8 Å². The second-order valence-corrected chi connectivity index (χ2v) is 7.10. The van der Waals surface area contributed by atoms with E-state index in [2.05, 4.69) is 4.72 Å². The molecule has 0 aliphatic carbocycles. The second kappa shape index (κ2) is 7.21. The van der Waals surface area contributed by atoms with Crippen molar-refractivity contribution >= 4 is 21.6 Å². The molecule has 1 aromatic carbocycles. The lowest BCUT2D eigenvalue weighted by Gasteiger charge is -2.38. The standard InChI is InChI=1S/C15H24N2O4S/c1-6-17(13-10-8-7-9-11-13)14(18)15(21-4,12(2)3)16-22(5,19)20/h7-12,16H,6H2,1-5H3. The molecule has 22 heavy (non-hydrogen) atoms. The smallest absolute Gasteiger partial charge is 0.275 e. The van der Waals surface area contributed by atoms with Crippen LogP contribution in [0.5, 0.6) is 0 Å². The minimum atomic E-state index is -3.63. The molecular weight excluding hydrogens is 304 g/mol. The number of para-hydroxylation sites is 1. The summed E-state index contributed by atoms with van der Waals surface area (Å²) in [6.45, 7) is 5.69. The molecule has 124 valence electrons. The first kappa shape index (κ1) is 18.6. The van der Waals surface area contributed by atoms with Gasteiger partial charge < -0.3 is 9.64 Å². The molecule has 0 spiro atoms. The Hall–Kier alpha value is -1.44. The van der Waals surface area contributed by atoms with E-state index in [0.717, 1.165) is 6.26 Å². The fraction of sp³-hybridized carbons (Fsp3) is 0.533. The number of amides is 1. The van der Waals surface area contributed by atoms with Crippen LogP contribution < -0.4 is 9.62 Å². The first-order chi connectivity index (χ1) is 10.2. The number of sulfonamides is 1. The van der Waals surface area contributed by atoms with Crippen molar-refractivity contribution in [3.05, 3.63) is 30.3 Å². The molecule has 0 aliphatic rings. The van der Waals surface area contributed by atoms with Crippen LogP contribution in [0.15, 0.2) is 30.3 Å². The summed E-state index contributed by atoms with van der Waals surface area (Å²) in [6, 6.07) is 9.08. The zero-order chi connectivity index (χ0) is 17.0. The van der Waals surface area contributed by atoms with E-state index in [1.165, 1.54) is 12.0 Å². The van der Waals surface area contributed by atoms with Crippen molar-refractivity contribution < 1.29 is 17.9 Å². The third kappa shape index (κ3) is 4.06. The van der Waals surface area contributed by atoms with Gasteiger partial charge in [-0.2, -0.15) is 4.72 Å². The SMILES string of the molecule is CCN(C(=O)C(NS(C)(=O)=O)(OC)C(C)C)c1ccccc1. The van der Waals surface area contributed by atoms with Crippen LogP contribution in [0.2, 0.25) is 0 Å². The van der Waals surface area contributed by atoms with Crippen LogP contribution in [-0.4, -0.2) is 40.0 Å². The molecule has 0 aliphatic heterocycles. The number of likely N-dealkylation sites (N-methyl/N-ethyl adjacent to an activating group) is 1. The predicted octanol–water partition coefficient (Wildman–Crippen LogP) is 1.59. The van der Waals surface area contributed by atoms with Crippen molar-refractivity contribution in [2.45, 2.75) is 26.5 Å². The number of rotatable bonds is 7. The molecule has 0 saturated carbocycles. The summed E-state index contributed by atoms with van der Waals surface area (Å²) in [5.74, 6) is -0.832. The highest BCUT2D eigenvalue weighted by molar-refractivity contribution is 7.88. The minimum absolute atomic E-state index is 0.391. The van der Waals surface area contributed by atoms with Crippen LogP contribution in [0.4, 0.5) is 5.69 Å². The highest BCUT2D eigenvalue weighted by Crippen LogP contribution is 2.25. The molecule has 1 N–H and O–H groups in total. The Morgan fingerprint density at radius 3 is 2.23 bits per heavy atom. The summed E-state index contributed by atoms with van der Waals surface area (Å²) in [7, 11) is -2.30. The number of methoxy groups -OCH3 is 1. The number of ether oxygens (including phenoxy) is 1. The zero-order valence-electron chi connectivity index (χ0n) is 13.7. The third-order valence-electron chi connectivity index (χ3n) is 3.42. The molecule has 6 nitrogen and oxygen atoms in total. The highest BCUT2D eigenvalue weighted by atomic mass is 32.2. The number of hydrogen-bond acceptors (Lipinski definition) is 4. The number of nitrogens with one attached hydrogen (secondary N) is 1. The number of anilines is 1. The molecular formula is C15H24N2O4S. The lowest BCUT2D eigenvalue weighted by atomic mass is 9.98. The molecule has 0 radical (unpaired) electrons. The average Bonchev–Trinajstić information content (AvgIpc) is 2.45. The molecule has 7 heteroatoms. The van der Waals surface area contributed by atoms with Gasteiger partial charge in [-0.25, -0.2) is 8.42 Å². The fourth-order valence-corrected chi connectivity index (χ4v) is 3.26. The van der Waals surface area contributed by atoms with Crippen LogP contribution in [0.3, 0.4) is 0 Å². The van der Waals surface area contributed by atoms with Gasteiger partial charge in [-0.05, 0) is 19.1 Å². The Morgan fingerprint density at radius 1 is 1.32 bits per heavy atom. The van der Waals surface area contributed by atoms with E-state index in [0.29, 0.717) is 12.2 Å². The maximum absolute atomic E-state index is 13.0. The summed E-state index contributed by atoms with van der Waals surface area (Å²) in [5, 5.41) is 0. The van der Waals surface area contributed by atoms with Gasteiger partial charge in [-0.1, -0.05) is 32.0 Å². The summed E-state index contributed by atoms with van der Waals surface area (Å²) >= 11 is 0. The first-order valence-electron chi connectivity index (χ1n) is 7.09. The third-order valence-corrected chi connectivity index (χ3v) is 4.09. The molecule has 0 bridgehead atoms. The van der Waals surface area contributed by atoms with E-state index >= 15 is 0 Å². The van der Waals surface area contributed by atoms with Crippen LogP contribution in [0.1, 0.15) is 20.8 Å². The van der Waals surface area contributed by atoms with Crippen molar-refractivity contribution in [3.8, 4) is 0 Å². The van der Waals surface area contributed by atoms with Gasteiger partial charge in [0.2, 0.25) is 15.7 Å². The number of carbonyl (C=O) groups excluding carboxylic acids is 1. The topological polar surface area (TPSA) is 75.7 Å². The second-order valence-electron chi connectivity index (χ2n) is 5.35. The molecule has 0 heterocycles. The summed E-state index contributed by atoms with van der Waals surface area (Å²) in [6.07, 6.45) is 1.01. The van der Waals surface area contributed by atoms with E-state index in [9.17, 15) is 13.2 Å². The predicted molar refractivity (Wildman–Crippen MR) is 87.0 cm³/mol. The van der Waals surface area contributed by atoms with Gasteiger partial charge in [-0.3, -0.25) is 4.79 Å². The molecule has 1 unspecified atom stereocenters. The summed E-state index contributed by atoms with van der Waals surface area (Å²) in [5.41, 5.74) is -0.952. The Kier molecular flexibility index (Phi) is 6.10. The largest absolute Gasteiger partial charge is 0.354 e. The van der Waals surface area contributed by atoms with E-state index in [1.807, 2.05) is 25.1 Å². The van der Waals surface area contributed by atoms with E-state index in [-0.39, 0.29) is 0 Å². The summed E-state index contributed by atoms with van der Waals surface area (Å²) < 4.78 is 31.1. The summed E-state index contributed by atoms with van der Waals surface area (Å²) in [4.78, 5) is 14.5. The van der Waals surface area contributed by atoms with Crippen molar-refractivity contribution in [3.63, 3.8) is 0 Å². The molecule has 0 saturated heterocycles. The molecule has 1 aromatic rings. The van der Waals surface area contributed by atoms with Crippen LogP contribution in [0, 0.1) is 5.92 Å². The Labute approximate surface area is 132 Å². The van der Waals surface area contributed by atoms with Crippen LogP contribution in [0.25, 0.3) is 0 Å². The number of hydrogen-bond donors (Lipinski definition) is 1. The maximum atomic E-state index is 13.0. The maximum Gasteiger partial charge on any atom is 0.275 e. The lowest BCUT2D eigenvalue weighted by molar-refractivity contribution is -0.148. The van der Waals surface area contributed by atoms with Gasteiger partial charge in [0.05, 0.1) is 6.26 Å². The van der Waals surface area contributed by atoms with Crippen molar-refractivity contribution in [1.82, 2.24) is 4.72 Å². The van der Waals surface area contributed by atoms with Gasteiger partial charge in [0, 0.05) is 25.3 Å². The number of nitrogens with zero attached hydrogens (tertiary/aromatic N) is 1. The first-order valence-corrected chi connectivity index (χ1v) is 8.98. The molecule has 1 atom stereocenters. The Morgan fingerprint density at radius 2 is 1.86 bits per heavy atom. The highest BCUT2D eigenvalue weighted by Gasteiger charge is 2.47. The monoisotopic (exact) mass is 328 g/mol. The zero-order valence-corrected chi connectivity index (χ0v) is 14.5. The van der Waals surface area contributed by atoms with Gasteiger partial charge in [0.1, 0.15) is 0 Å². The molecule has 0 aromatic heterocycles. The van der Waals surface area contributed by atoms with Gasteiger partial charge >= 0.3 is 0 Å². The molecule has 1 rings (SSSR count). The van der Waals surface area contributed by atoms with Crippen molar-refractivity contribution in [1.29, 1.82) is 0 Å². The van der Waals surface area contributed by atoms with E-state index in [1.54, 1.807) is 26.0 Å². The van der Waals surface area contributed by atoms with Gasteiger partial charge in [-0.15, -0.1) is 0 Å². The Bertz CT molecular complexity index is 601. The molecule has 1 amide bonds. The van der Waals surface area contributed by atoms with Gasteiger partial charge in [0.25, 0.3) is 5.91 Å². The average molecular weight is 328 g/mol. The normalized spacial score (nSPS) is 14.6.